The highest BCUT2D eigenvalue weighted by atomic mass is 32.1. The van der Waals surface area contributed by atoms with Gasteiger partial charge in [-0.2, -0.15) is 0 Å². The lowest BCUT2D eigenvalue weighted by Crippen LogP contribution is -2.51. The number of piperazine rings is 1. The Hall–Kier alpha value is -1.17. The fourth-order valence-electron chi connectivity index (χ4n) is 2.46. The summed E-state index contributed by atoms with van der Waals surface area (Å²) in [5, 5.41) is 0. The van der Waals surface area contributed by atoms with E-state index < -0.39 is 5.60 Å². The van der Waals surface area contributed by atoms with Crippen molar-refractivity contribution in [2.24, 2.45) is 5.92 Å². The molecule has 22 heavy (non-hydrogen) atoms. The largest absolute Gasteiger partial charge is 0.444 e. The third-order valence-corrected chi connectivity index (χ3v) is 4.25. The first kappa shape index (κ1) is 17.2. The molecular weight excluding hydrogens is 300 g/mol. The van der Waals surface area contributed by atoms with E-state index in [9.17, 15) is 9.59 Å². The lowest BCUT2D eigenvalue weighted by molar-refractivity contribution is -0.118. The summed E-state index contributed by atoms with van der Waals surface area (Å²) < 4.78 is 5.37. The molecule has 0 aromatic rings. The molecule has 2 rings (SSSR count). The molecule has 6 heteroatoms. The number of carbonyl (C=O) groups excluding carboxylic acids is 2. The molecule has 0 radical (unpaired) electrons. The molecule has 1 aliphatic heterocycles. The van der Waals surface area contributed by atoms with Gasteiger partial charge in [0.25, 0.3) is 0 Å². The second-order valence-electron chi connectivity index (χ2n) is 7.21. The number of carbonyl (C=O) groups is 2. The number of Topliss-reactive ketones (excluding diaryl/α,β-unsaturated/α-hetero) is 1. The highest BCUT2D eigenvalue weighted by molar-refractivity contribution is 7.80. The Balaban J connectivity index is 1.72. The molecule has 1 aliphatic carbocycles. The van der Waals surface area contributed by atoms with E-state index in [1.807, 2.05) is 25.7 Å². The Labute approximate surface area is 138 Å². The number of amides is 1. The lowest BCUT2D eigenvalue weighted by Gasteiger charge is -2.36. The van der Waals surface area contributed by atoms with Gasteiger partial charge >= 0.3 is 6.09 Å². The number of thiocarbonyl (C=S) groups is 1. The molecule has 2 fully saturated rings. The summed E-state index contributed by atoms with van der Waals surface area (Å²) >= 11 is 5.39. The molecule has 0 N–H and O–H groups in total. The van der Waals surface area contributed by atoms with E-state index in [-0.39, 0.29) is 11.9 Å². The molecule has 124 valence electrons. The maximum atomic E-state index is 12.0. The predicted octanol–water partition coefficient (Wildman–Crippen LogP) is 2.63. The summed E-state index contributed by atoms with van der Waals surface area (Å²) in [5.41, 5.74) is -0.473. The zero-order valence-corrected chi connectivity index (χ0v) is 14.6. The van der Waals surface area contributed by atoms with Gasteiger partial charge in [0.15, 0.2) is 0 Å². The molecule has 1 heterocycles. The van der Waals surface area contributed by atoms with Crippen LogP contribution in [0.3, 0.4) is 0 Å². The van der Waals surface area contributed by atoms with Crippen LogP contribution in [0.4, 0.5) is 4.79 Å². The highest BCUT2D eigenvalue weighted by Gasteiger charge is 2.28. The summed E-state index contributed by atoms with van der Waals surface area (Å²) in [7, 11) is 0. The van der Waals surface area contributed by atoms with E-state index in [4.69, 9.17) is 17.0 Å². The van der Waals surface area contributed by atoms with Crippen molar-refractivity contribution >= 4 is 29.1 Å². The number of hydrogen-bond donors (Lipinski definition) is 0. The minimum atomic E-state index is -0.473. The van der Waals surface area contributed by atoms with Crippen molar-refractivity contribution in [2.45, 2.75) is 52.1 Å². The third-order valence-electron chi connectivity index (χ3n) is 3.85. The molecule has 0 unspecified atom stereocenters. The fourth-order valence-corrected chi connectivity index (χ4v) is 2.81. The number of ether oxygens (including phenoxy) is 1. The number of hydrogen-bond acceptors (Lipinski definition) is 4. The maximum Gasteiger partial charge on any atom is 0.410 e. The number of ketones is 1. The van der Waals surface area contributed by atoms with Crippen LogP contribution in [-0.2, 0) is 9.53 Å². The molecule has 5 nitrogen and oxygen atoms in total. The number of nitrogens with zero attached hydrogens (tertiary/aromatic N) is 2. The topological polar surface area (TPSA) is 49.9 Å². The van der Waals surface area contributed by atoms with Gasteiger partial charge in [-0.3, -0.25) is 4.79 Å². The van der Waals surface area contributed by atoms with Crippen LogP contribution in [0.15, 0.2) is 0 Å². The smallest absolute Gasteiger partial charge is 0.410 e. The predicted molar refractivity (Wildman–Crippen MR) is 88.9 cm³/mol. The van der Waals surface area contributed by atoms with Gasteiger partial charge in [-0.1, -0.05) is 12.2 Å². The SMILES string of the molecule is CC(C)(C)OC(=O)N1CCN(C(=S)CC(=O)CC2CC2)CC1. The quantitative estimate of drug-likeness (QED) is 0.743. The molecule has 1 saturated heterocycles. The second-order valence-corrected chi connectivity index (χ2v) is 7.68. The molecule has 1 amide bonds. The van der Waals surface area contributed by atoms with E-state index in [2.05, 4.69) is 0 Å². The average molecular weight is 326 g/mol. The first-order chi connectivity index (χ1) is 10.2. The fraction of sp³-hybridized carbons (Fsp3) is 0.812. The molecular formula is C16H26N2O3S. The zero-order valence-electron chi connectivity index (χ0n) is 13.8. The summed E-state index contributed by atoms with van der Waals surface area (Å²) in [5.74, 6) is 0.862. The lowest BCUT2D eigenvalue weighted by atomic mass is 10.1. The minimum Gasteiger partial charge on any atom is -0.444 e. The van der Waals surface area contributed by atoms with E-state index in [0.717, 1.165) is 4.99 Å². The van der Waals surface area contributed by atoms with Crippen molar-refractivity contribution in [1.29, 1.82) is 0 Å². The summed E-state index contributed by atoms with van der Waals surface area (Å²) in [6, 6.07) is 0. The van der Waals surface area contributed by atoms with Gasteiger partial charge in [0.2, 0.25) is 0 Å². The zero-order chi connectivity index (χ0) is 16.3. The van der Waals surface area contributed by atoms with Crippen LogP contribution in [0.5, 0.6) is 0 Å². The Morgan fingerprint density at radius 1 is 1.09 bits per heavy atom. The number of rotatable bonds is 4. The van der Waals surface area contributed by atoms with E-state index in [1.54, 1.807) is 4.90 Å². The van der Waals surface area contributed by atoms with Crippen molar-refractivity contribution in [3.8, 4) is 0 Å². The summed E-state index contributed by atoms with van der Waals surface area (Å²) in [4.78, 5) is 28.3. The van der Waals surface area contributed by atoms with Gasteiger partial charge < -0.3 is 14.5 Å². The van der Waals surface area contributed by atoms with Crippen molar-refractivity contribution in [2.75, 3.05) is 26.2 Å². The van der Waals surface area contributed by atoms with Gasteiger partial charge in [0.1, 0.15) is 11.4 Å². The van der Waals surface area contributed by atoms with Crippen molar-refractivity contribution in [3.63, 3.8) is 0 Å². The normalized spacial score (nSPS) is 19.0. The van der Waals surface area contributed by atoms with Crippen molar-refractivity contribution in [3.05, 3.63) is 0 Å². The summed E-state index contributed by atoms with van der Waals surface area (Å²) in [6.45, 7) is 8.12. The van der Waals surface area contributed by atoms with Gasteiger partial charge in [-0.25, -0.2) is 4.79 Å². The minimum absolute atomic E-state index is 0.252. The maximum absolute atomic E-state index is 12.0. The van der Waals surface area contributed by atoms with Crippen LogP contribution in [0.1, 0.15) is 46.5 Å². The highest BCUT2D eigenvalue weighted by Crippen LogP contribution is 2.32. The molecule has 2 aliphatic rings. The Bertz CT molecular complexity index is 447. The van der Waals surface area contributed by atoms with Crippen LogP contribution >= 0.6 is 12.2 Å². The van der Waals surface area contributed by atoms with Gasteiger partial charge in [-0.15, -0.1) is 0 Å². The molecule has 0 bridgehead atoms. The average Bonchev–Trinajstić information content (AvgIpc) is 3.20. The standard InChI is InChI=1S/C16H26N2O3S/c1-16(2,3)21-15(20)18-8-6-17(7-9-18)14(22)11-13(19)10-12-4-5-12/h12H,4-11H2,1-3H3. The Morgan fingerprint density at radius 3 is 2.14 bits per heavy atom. The Kier molecular flexibility index (Phi) is 5.42. The second kappa shape index (κ2) is 6.94. The van der Waals surface area contributed by atoms with E-state index in [0.29, 0.717) is 44.9 Å². The first-order valence-electron chi connectivity index (χ1n) is 8.02. The van der Waals surface area contributed by atoms with Crippen LogP contribution in [0.25, 0.3) is 0 Å². The van der Waals surface area contributed by atoms with Crippen LogP contribution in [-0.4, -0.2) is 58.4 Å². The molecule has 0 spiro atoms. The van der Waals surface area contributed by atoms with Gasteiger partial charge in [-0.05, 0) is 39.5 Å². The van der Waals surface area contributed by atoms with Crippen LogP contribution in [0, 0.1) is 5.92 Å². The first-order valence-corrected chi connectivity index (χ1v) is 8.43. The Morgan fingerprint density at radius 2 is 1.64 bits per heavy atom. The van der Waals surface area contributed by atoms with E-state index in [1.165, 1.54) is 12.8 Å². The van der Waals surface area contributed by atoms with Gasteiger partial charge in [0.05, 0.1) is 11.4 Å². The van der Waals surface area contributed by atoms with Crippen LogP contribution in [0.2, 0.25) is 0 Å². The van der Waals surface area contributed by atoms with Crippen LogP contribution < -0.4 is 0 Å². The monoisotopic (exact) mass is 326 g/mol. The third kappa shape index (κ3) is 5.55. The molecule has 1 saturated carbocycles. The molecule has 0 aromatic carbocycles. The molecule has 0 aromatic heterocycles. The summed E-state index contributed by atoms with van der Waals surface area (Å²) in [6.07, 6.45) is 3.15. The van der Waals surface area contributed by atoms with Crippen molar-refractivity contribution < 1.29 is 14.3 Å². The van der Waals surface area contributed by atoms with E-state index >= 15 is 0 Å². The van der Waals surface area contributed by atoms with Gasteiger partial charge in [0, 0.05) is 32.6 Å². The molecule has 0 atom stereocenters. The van der Waals surface area contributed by atoms with Crippen molar-refractivity contribution in [1.82, 2.24) is 9.80 Å².